The van der Waals surface area contributed by atoms with Gasteiger partial charge in [-0.25, -0.2) is 18.1 Å². The van der Waals surface area contributed by atoms with Gasteiger partial charge in [0.2, 0.25) is 10.0 Å². The number of sulfonamides is 1. The minimum absolute atomic E-state index is 0.00534. The topological polar surface area (TPSA) is 96.9 Å². The molecule has 0 radical (unpaired) electrons. The van der Waals surface area contributed by atoms with Crippen molar-refractivity contribution in [2.45, 2.75) is 31.1 Å². The Hall–Kier alpha value is -1.28. The van der Waals surface area contributed by atoms with Gasteiger partial charge < -0.3 is 5.32 Å². The Morgan fingerprint density at radius 2 is 2.24 bits per heavy atom. The van der Waals surface area contributed by atoms with Gasteiger partial charge in [-0.05, 0) is 19.8 Å². The van der Waals surface area contributed by atoms with Crippen molar-refractivity contribution in [2.75, 3.05) is 11.3 Å². The van der Waals surface area contributed by atoms with Crippen LogP contribution in [0.3, 0.4) is 0 Å². The Labute approximate surface area is 100 Å². The molecule has 1 aromatic rings. The molecule has 1 heterocycles. The zero-order chi connectivity index (χ0) is 12.3. The fraction of sp³-hybridized carbons (Fsp3) is 0.667. The van der Waals surface area contributed by atoms with E-state index < -0.39 is 15.3 Å². The highest BCUT2D eigenvalue weighted by atomic mass is 32.2. The van der Waals surface area contributed by atoms with Crippen molar-refractivity contribution in [1.82, 2.24) is 20.5 Å². The lowest BCUT2D eigenvalue weighted by atomic mass is 10.4. The molecular formula is C9H15N5O2S. The highest BCUT2D eigenvalue weighted by Gasteiger charge is 2.26. The molecule has 1 unspecified atom stereocenters. The highest BCUT2D eigenvalue weighted by Crippen LogP contribution is 2.18. The second-order valence-electron chi connectivity index (χ2n) is 4.11. The Morgan fingerprint density at radius 3 is 2.82 bits per heavy atom. The molecular weight excluding hydrogens is 242 g/mol. The zero-order valence-corrected chi connectivity index (χ0v) is 10.3. The number of hydrogen-bond donors (Lipinski definition) is 2. The number of rotatable bonds is 6. The molecule has 0 saturated heterocycles. The van der Waals surface area contributed by atoms with Gasteiger partial charge in [0.1, 0.15) is 0 Å². The number of hydrogen-bond acceptors (Lipinski definition) is 6. The molecule has 94 valence electrons. The molecule has 0 spiro atoms. The summed E-state index contributed by atoms with van der Waals surface area (Å²) in [5, 5.41) is 9.78. The van der Waals surface area contributed by atoms with Crippen LogP contribution < -0.4 is 10.0 Å². The molecule has 0 aromatic carbocycles. The normalized spacial score (nSPS) is 17.7. The van der Waals surface area contributed by atoms with Crippen molar-refractivity contribution in [2.24, 2.45) is 0 Å². The fourth-order valence-corrected chi connectivity index (χ4v) is 2.12. The van der Waals surface area contributed by atoms with Crippen molar-refractivity contribution in [3.63, 3.8) is 0 Å². The molecule has 1 aliphatic carbocycles. The number of anilines is 1. The van der Waals surface area contributed by atoms with E-state index in [4.69, 9.17) is 0 Å². The van der Waals surface area contributed by atoms with E-state index in [-0.39, 0.29) is 5.95 Å². The SMILES string of the molecule is CC(CNC1CC1)S(=O)(=O)Nc1nccnn1. The van der Waals surface area contributed by atoms with Crippen LogP contribution in [-0.2, 0) is 10.0 Å². The minimum Gasteiger partial charge on any atom is -0.313 e. The quantitative estimate of drug-likeness (QED) is 0.729. The van der Waals surface area contributed by atoms with E-state index in [1.807, 2.05) is 0 Å². The van der Waals surface area contributed by atoms with Crippen molar-refractivity contribution in [3.05, 3.63) is 12.4 Å². The van der Waals surface area contributed by atoms with E-state index in [0.29, 0.717) is 12.6 Å². The van der Waals surface area contributed by atoms with Gasteiger partial charge in [-0.2, -0.15) is 5.10 Å². The Bertz CT molecular complexity index is 460. The van der Waals surface area contributed by atoms with Crippen LogP contribution in [0.25, 0.3) is 0 Å². The van der Waals surface area contributed by atoms with Crippen LogP contribution in [-0.4, -0.2) is 41.4 Å². The maximum absolute atomic E-state index is 11.9. The van der Waals surface area contributed by atoms with Crippen molar-refractivity contribution in [3.8, 4) is 0 Å². The third-order valence-electron chi connectivity index (χ3n) is 2.52. The largest absolute Gasteiger partial charge is 0.313 e. The van der Waals surface area contributed by atoms with E-state index >= 15 is 0 Å². The summed E-state index contributed by atoms with van der Waals surface area (Å²) in [4.78, 5) is 3.77. The highest BCUT2D eigenvalue weighted by molar-refractivity contribution is 7.93. The summed E-state index contributed by atoms with van der Waals surface area (Å²) in [5.74, 6) is 0.00534. The predicted molar refractivity (Wildman–Crippen MR) is 62.9 cm³/mol. The molecule has 8 heteroatoms. The van der Waals surface area contributed by atoms with Gasteiger partial charge >= 0.3 is 0 Å². The third kappa shape index (κ3) is 3.60. The van der Waals surface area contributed by atoms with Crippen LogP contribution in [0.1, 0.15) is 19.8 Å². The molecule has 0 aliphatic heterocycles. The predicted octanol–water partition coefficient (Wildman–Crippen LogP) is -0.246. The monoisotopic (exact) mass is 257 g/mol. The van der Waals surface area contributed by atoms with Gasteiger partial charge in [0.15, 0.2) is 0 Å². The van der Waals surface area contributed by atoms with Crippen LogP contribution in [0.15, 0.2) is 12.4 Å². The van der Waals surface area contributed by atoms with Crippen molar-refractivity contribution < 1.29 is 8.42 Å². The summed E-state index contributed by atoms with van der Waals surface area (Å²) < 4.78 is 26.1. The molecule has 1 saturated carbocycles. The fourth-order valence-electron chi connectivity index (χ4n) is 1.25. The van der Waals surface area contributed by atoms with Gasteiger partial charge in [0.25, 0.3) is 5.95 Å². The van der Waals surface area contributed by atoms with Gasteiger partial charge in [0.05, 0.1) is 17.6 Å². The molecule has 2 N–H and O–H groups in total. The van der Waals surface area contributed by atoms with Crippen molar-refractivity contribution in [1.29, 1.82) is 0 Å². The first-order chi connectivity index (χ1) is 8.08. The molecule has 7 nitrogen and oxygen atoms in total. The Balaban J connectivity index is 1.92. The molecule has 0 amide bonds. The van der Waals surface area contributed by atoms with Crippen LogP contribution in [0.2, 0.25) is 0 Å². The summed E-state index contributed by atoms with van der Waals surface area (Å²) in [7, 11) is -3.46. The first kappa shape index (κ1) is 12.2. The lowest BCUT2D eigenvalue weighted by Gasteiger charge is -2.13. The zero-order valence-electron chi connectivity index (χ0n) is 9.50. The van der Waals surface area contributed by atoms with E-state index in [1.165, 1.54) is 12.4 Å². The summed E-state index contributed by atoms with van der Waals surface area (Å²) in [6.07, 6.45) is 5.03. The van der Waals surface area contributed by atoms with Crippen LogP contribution in [0, 0.1) is 0 Å². The molecule has 1 aromatic heterocycles. The first-order valence-electron chi connectivity index (χ1n) is 5.46. The second kappa shape index (κ2) is 4.92. The van der Waals surface area contributed by atoms with Crippen LogP contribution in [0.5, 0.6) is 0 Å². The average Bonchev–Trinajstić information content (AvgIpc) is 3.10. The lowest BCUT2D eigenvalue weighted by molar-refractivity contribution is 0.575. The summed E-state index contributed by atoms with van der Waals surface area (Å²) >= 11 is 0. The van der Waals surface area contributed by atoms with E-state index in [0.717, 1.165) is 12.8 Å². The van der Waals surface area contributed by atoms with Crippen molar-refractivity contribution >= 4 is 16.0 Å². The third-order valence-corrected chi connectivity index (χ3v) is 4.21. The van der Waals surface area contributed by atoms with E-state index in [1.54, 1.807) is 6.92 Å². The average molecular weight is 257 g/mol. The minimum atomic E-state index is -3.46. The standard InChI is InChI=1S/C9H15N5O2S/c1-7(6-11-8-2-3-8)17(15,16)14-9-10-4-5-12-13-9/h4-5,7-8,11H,2-3,6H2,1H3,(H,10,13,14). The number of aromatic nitrogens is 3. The Morgan fingerprint density at radius 1 is 1.47 bits per heavy atom. The lowest BCUT2D eigenvalue weighted by Crippen LogP contribution is -2.36. The van der Waals surface area contributed by atoms with Crippen LogP contribution >= 0.6 is 0 Å². The molecule has 1 fully saturated rings. The van der Waals surface area contributed by atoms with E-state index in [9.17, 15) is 8.42 Å². The first-order valence-corrected chi connectivity index (χ1v) is 7.01. The molecule has 1 atom stereocenters. The maximum atomic E-state index is 11.9. The van der Waals surface area contributed by atoms with Gasteiger partial charge in [0, 0.05) is 12.6 Å². The summed E-state index contributed by atoms with van der Waals surface area (Å²) in [5.41, 5.74) is 0. The molecule has 2 rings (SSSR count). The van der Waals surface area contributed by atoms with Crippen LogP contribution in [0.4, 0.5) is 5.95 Å². The smallest absolute Gasteiger partial charge is 0.256 e. The molecule has 1 aliphatic rings. The molecule has 17 heavy (non-hydrogen) atoms. The maximum Gasteiger partial charge on any atom is 0.256 e. The summed E-state index contributed by atoms with van der Waals surface area (Å²) in [6, 6.07) is 0.488. The number of nitrogens with one attached hydrogen (secondary N) is 2. The Kier molecular flexibility index (Phi) is 3.53. The van der Waals surface area contributed by atoms with E-state index in [2.05, 4.69) is 25.2 Å². The second-order valence-corrected chi connectivity index (χ2v) is 6.21. The van der Waals surface area contributed by atoms with Gasteiger partial charge in [-0.1, -0.05) is 0 Å². The number of nitrogens with zero attached hydrogens (tertiary/aromatic N) is 3. The summed E-state index contributed by atoms with van der Waals surface area (Å²) in [6.45, 7) is 2.08. The molecule has 0 bridgehead atoms. The van der Waals surface area contributed by atoms with Gasteiger partial charge in [-0.15, -0.1) is 5.10 Å². The van der Waals surface area contributed by atoms with Gasteiger partial charge in [-0.3, -0.25) is 0 Å².